The average molecular weight is 534 g/mol. The number of nitrogens with one attached hydrogen (secondary N) is 1. The molecular weight excluding hydrogens is 507 g/mol. The Morgan fingerprint density at radius 3 is 2.73 bits per heavy atom. The molecule has 1 heterocycles. The number of anilines is 2. The van der Waals surface area contributed by atoms with Crippen LogP contribution >= 0.6 is 11.8 Å². The molecule has 1 aliphatic rings. The van der Waals surface area contributed by atoms with Crippen LogP contribution in [0.15, 0.2) is 51.4 Å². The van der Waals surface area contributed by atoms with Gasteiger partial charge >= 0.3 is 6.03 Å². The number of amidine groups is 2. The lowest BCUT2D eigenvalue weighted by atomic mass is 10.1. The van der Waals surface area contributed by atoms with E-state index in [2.05, 4.69) is 20.3 Å². The Labute approximate surface area is 216 Å². The van der Waals surface area contributed by atoms with Crippen molar-refractivity contribution in [2.75, 3.05) is 29.6 Å². The summed E-state index contributed by atoms with van der Waals surface area (Å²) in [5.74, 6) is -0.672. The van der Waals surface area contributed by atoms with Gasteiger partial charge < -0.3 is 10.1 Å². The number of aliphatic imine (C=N–C) groups is 3. The van der Waals surface area contributed by atoms with Crippen LogP contribution in [-0.4, -0.2) is 55.0 Å². The lowest BCUT2D eigenvalue weighted by Crippen LogP contribution is -2.31. The van der Waals surface area contributed by atoms with Gasteiger partial charge in [0.15, 0.2) is 11.0 Å². The molecule has 0 saturated carbocycles. The molecule has 196 valence electrons. The minimum absolute atomic E-state index is 0.0256. The third-order valence-corrected chi connectivity index (χ3v) is 5.95. The second kappa shape index (κ2) is 13.2. The summed E-state index contributed by atoms with van der Waals surface area (Å²) in [6.45, 7) is 2.81. The average Bonchev–Trinajstić information content (AvgIpc) is 3.21. The Morgan fingerprint density at radius 2 is 2.05 bits per heavy atom. The Kier molecular flexibility index (Phi) is 9.98. The summed E-state index contributed by atoms with van der Waals surface area (Å²) in [6.07, 6.45) is -0.276. The van der Waals surface area contributed by atoms with Gasteiger partial charge in [0.2, 0.25) is 5.91 Å². The van der Waals surface area contributed by atoms with E-state index in [1.54, 1.807) is 44.5 Å². The maximum Gasteiger partial charge on any atom is 0.347 e. The summed E-state index contributed by atoms with van der Waals surface area (Å²) >= 11 is 1.04. The minimum Gasteiger partial charge on any atom is -0.371 e. The van der Waals surface area contributed by atoms with Gasteiger partial charge in [0.1, 0.15) is 12.4 Å². The van der Waals surface area contributed by atoms with Crippen molar-refractivity contribution in [3.05, 3.63) is 58.9 Å². The molecular formula is C25H26F3N5O3S. The Hall–Kier alpha value is -3.51. The highest BCUT2D eigenvalue weighted by Gasteiger charge is 2.32. The van der Waals surface area contributed by atoms with E-state index < -0.39 is 24.9 Å². The van der Waals surface area contributed by atoms with Gasteiger partial charge in [-0.15, -0.1) is 0 Å². The number of nitrogens with zero attached hydrogens (tertiary/aromatic N) is 4. The lowest BCUT2D eigenvalue weighted by molar-refractivity contribution is -0.115. The summed E-state index contributed by atoms with van der Waals surface area (Å²) < 4.78 is 44.8. The smallest absolute Gasteiger partial charge is 0.347 e. The maximum atomic E-state index is 14.7. The number of carbonyl (C=O) groups excluding carboxylic acids is 2. The van der Waals surface area contributed by atoms with Crippen molar-refractivity contribution in [1.29, 1.82) is 0 Å². The molecule has 0 bridgehead atoms. The highest BCUT2D eigenvalue weighted by molar-refractivity contribution is 8.15. The van der Waals surface area contributed by atoms with Crippen LogP contribution in [0, 0.1) is 12.7 Å². The topological polar surface area (TPSA) is 95.7 Å². The number of amides is 3. The molecule has 1 fully saturated rings. The van der Waals surface area contributed by atoms with E-state index in [0.29, 0.717) is 29.1 Å². The van der Waals surface area contributed by atoms with E-state index in [9.17, 15) is 22.8 Å². The monoisotopic (exact) mass is 533 g/mol. The standard InChI is InChI=1S/C25H26F3N5O3S/c1-4-9-30-23(29-3)16-7-8-19(18(26)11-16)31-24(35)32-25-33(22(34)14-37-25)20-10-15(2)5-6-17(20)12-36-13-21(27)28/h5-11,21H,4,12-14H2,1-3H3,(H,31,35)/b29-23?,30-9?,32-25-. The molecule has 0 aliphatic carbocycles. The molecule has 0 unspecified atom stereocenters. The van der Waals surface area contributed by atoms with E-state index in [-0.39, 0.29) is 29.1 Å². The number of thioether (sulfide) groups is 1. The quantitative estimate of drug-likeness (QED) is 0.361. The largest absolute Gasteiger partial charge is 0.371 e. The number of carbonyl (C=O) groups is 2. The molecule has 1 saturated heterocycles. The number of aryl methyl sites for hydroxylation is 1. The number of urea groups is 1. The fourth-order valence-corrected chi connectivity index (χ4v) is 4.23. The molecule has 12 heteroatoms. The second-order valence-electron chi connectivity index (χ2n) is 7.84. The van der Waals surface area contributed by atoms with Gasteiger partial charge in [-0.1, -0.05) is 30.8 Å². The number of ether oxygens (including phenoxy) is 1. The van der Waals surface area contributed by atoms with Crippen LogP contribution in [0.1, 0.15) is 30.0 Å². The molecule has 37 heavy (non-hydrogen) atoms. The van der Waals surface area contributed by atoms with Gasteiger partial charge in [-0.05, 0) is 43.2 Å². The predicted octanol–water partition coefficient (Wildman–Crippen LogP) is 5.44. The van der Waals surface area contributed by atoms with E-state index in [1.807, 2.05) is 6.92 Å². The number of benzene rings is 2. The van der Waals surface area contributed by atoms with Crippen molar-refractivity contribution in [1.82, 2.24) is 0 Å². The van der Waals surface area contributed by atoms with Crippen molar-refractivity contribution in [2.45, 2.75) is 33.3 Å². The zero-order chi connectivity index (χ0) is 26.9. The Morgan fingerprint density at radius 1 is 1.27 bits per heavy atom. The minimum atomic E-state index is -2.63. The summed E-state index contributed by atoms with van der Waals surface area (Å²) in [6, 6.07) is 8.38. The summed E-state index contributed by atoms with van der Waals surface area (Å²) in [5, 5.41) is 2.46. The maximum absolute atomic E-state index is 14.7. The van der Waals surface area contributed by atoms with Crippen molar-refractivity contribution in [2.24, 2.45) is 15.0 Å². The third kappa shape index (κ3) is 7.49. The van der Waals surface area contributed by atoms with Crippen LogP contribution in [-0.2, 0) is 16.1 Å². The highest BCUT2D eigenvalue weighted by atomic mass is 32.2. The number of halogens is 3. The predicted molar refractivity (Wildman–Crippen MR) is 141 cm³/mol. The van der Waals surface area contributed by atoms with Crippen LogP contribution in [0.25, 0.3) is 0 Å². The molecule has 1 N–H and O–H groups in total. The Balaban J connectivity index is 1.82. The first-order valence-corrected chi connectivity index (χ1v) is 12.3. The first kappa shape index (κ1) is 28.1. The van der Waals surface area contributed by atoms with E-state index in [1.165, 1.54) is 17.0 Å². The molecule has 8 nitrogen and oxygen atoms in total. The summed E-state index contributed by atoms with van der Waals surface area (Å²) in [5.41, 5.74) is 2.01. The molecule has 0 spiro atoms. The number of hydrogen-bond acceptors (Lipinski definition) is 5. The van der Waals surface area contributed by atoms with Crippen LogP contribution in [0.3, 0.4) is 0 Å². The molecule has 0 radical (unpaired) electrons. The molecule has 1 aliphatic heterocycles. The number of rotatable bonds is 8. The number of hydrogen-bond donors (Lipinski definition) is 1. The molecule has 3 rings (SSSR count). The van der Waals surface area contributed by atoms with Gasteiger partial charge in [-0.3, -0.25) is 14.7 Å². The van der Waals surface area contributed by atoms with E-state index in [4.69, 9.17) is 4.74 Å². The van der Waals surface area contributed by atoms with Crippen molar-refractivity contribution >= 4 is 52.3 Å². The van der Waals surface area contributed by atoms with Crippen molar-refractivity contribution in [3.63, 3.8) is 0 Å². The second-order valence-corrected chi connectivity index (χ2v) is 8.78. The van der Waals surface area contributed by atoms with Crippen LogP contribution < -0.4 is 10.2 Å². The first-order chi connectivity index (χ1) is 17.7. The lowest BCUT2D eigenvalue weighted by Gasteiger charge is -2.20. The normalized spacial score (nSPS) is 15.4. The summed E-state index contributed by atoms with van der Waals surface area (Å²) in [7, 11) is 1.54. The molecule has 3 amide bonds. The van der Waals surface area contributed by atoms with Gasteiger partial charge in [0.25, 0.3) is 6.43 Å². The molecule has 0 aromatic heterocycles. The SMILES string of the molecule is CCC=NC(=NC)c1ccc(NC(=O)/N=C2\SCC(=O)N2c2cc(C)ccc2COCC(F)F)c(F)c1. The van der Waals surface area contributed by atoms with Crippen LogP contribution in [0.4, 0.5) is 29.3 Å². The highest BCUT2D eigenvalue weighted by Crippen LogP contribution is 2.31. The molecule has 0 atom stereocenters. The summed E-state index contributed by atoms with van der Waals surface area (Å²) in [4.78, 5) is 38.8. The van der Waals surface area contributed by atoms with Gasteiger partial charge in [-0.2, -0.15) is 4.99 Å². The fourth-order valence-electron chi connectivity index (χ4n) is 3.37. The number of alkyl halides is 2. The van der Waals surface area contributed by atoms with Gasteiger partial charge in [0.05, 0.1) is 23.7 Å². The zero-order valence-electron chi connectivity index (χ0n) is 20.5. The van der Waals surface area contributed by atoms with Gasteiger partial charge in [-0.25, -0.2) is 23.0 Å². The molecule has 2 aromatic rings. The Bertz CT molecular complexity index is 1250. The van der Waals surface area contributed by atoms with E-state index in [0.717, 1.165) is 17.3 Å². The van der Waals surface area contributed by atoms with Crippen molar-refractivity contribution in [3.8, 4) is 0 Å². The van der Waals surface area contributed by atoms with Crippen LogP contribution in [0.2, 0.25) is 0 Å². The van der Waals surface area contributed by atoms with Gasteiger partial charge in [0, 0.05) is 24.4 Å². The van der Waals surface area contributed by atoms with E-state index >= 15 is 0 Å². The first-order valence-electron chi connectivity index (χ1n) is 11.3. The zero-order valence-corrected chi connectivity index (χ0v) is 21.3. The molecule has 2 aromatic carbocycles. The fraction of sp³-hybridized carbons (Fsp3) is 0.320. The van der Waals surface area contributed by atoms with Crippen molar-refractivity contribution < 1.29 is 27.5 Å². The third-order valence-electron chi connectivity index (χ3n) is 5.02. The van der Waals surface area contributed by atoms with Crippen LogP contribution in [0.5, 0.6) is 0 Å².